The zero-order valence-electron chi connectivity index (χ0n) is 13.0. The summed E-state index contributed by atoms with van der Waals surface area (Å²) in [6.07, 6.45) is 6.06. The van der Waals surface area contributed by atoms with Gasteiger partial charge in [0.05, 0.1) is 23.3 Å². The van der Waals surface area contributed by atoms with Crippen LogP contribution in [0.4, 0.5) is 4.79 Å². The molecule has 1 aliphatic carbocycles. The van der Waals surface area contributed by atoms with E-state index in [1.807, 2.05) is 28.6 Å². The number of ether oxygens (including phenoxy) is 1. The van der Waals surface area contributed by atoms with Crippen molar-refractivity contribution in [2.24, 2.45) is 0 Å². The molecule has 5 nitrogen and oxygen atoms in total. The first kappa shape index (κ1) is 14.8. The van der Waals surface area contributed by atoms with Crippen LogP contribution in [-0.4, -0.2) is 41.2 Å². The van der Waals surface area contributed by atoms with Gasteiger partial charge in [-0.1, -0.05) is 25.3 Å². The summed E-state index contributed by atoms with van der Waals surface area (Å²) in [5.41, 5.74) is 2.75. The van der Waals surface area contributed by atoms with Crippen molar-refractivity contribution in [2.75, 3.05) is 13.1 Å². The van der Waals surface area contributed by atoms with Crippen LogP contribution in [-0.2, 0) is 0 Å². The number of aromatic nitrogens is 1. The molecular weight excluding hydrogens is 310 g/mol. The average Bonchev–Trinajstić information content (AvgIpc) is 3.00. The van der Waals surface area contributed by atoms with Crippen molar-refractivity contribution < 1.29 is 9.53 Å². The molecule has 2 aliphatic rings. The molecule has 0 spiro atoms. The van der Waals surface area contributed by atoms with Crippen molar-refractivity contribution in [2.45, 2.75) is 44.2 Å². The summed E-state index contributed by atoms with van der Waals surface area (Å²) in [6, 6.07) is 6.41. The monoisotopic (exact) mass is 331 g/mol. The highest BCUT2D eigenvalue weighted by Crippen LogP contribution is 2.29. The Kier molecular flexibility index (Phi) is 4.08. The summed E-state index contributed by atoms with van der Waals surface area (Å²) in [5.74, 6) is 0.820. The highest BCUT2D eigenvalue weighted by molar-refractivity contribution is 7.16. The van der Waals surface area contributed by atoms with E-state index in [4.69, 9.17) is 4.74 Å². The molecule has 2 amide bonds. The number of benzene rings is 1. The van der Waals surface area contributed by atoms with Crippen LogP contribution in [0.1, 0.15) is 32.1 Å². The van der Waals surface area contributed by atoms with Gasteiger partial charge in [0, 0.05) is 6.04 Å². The Labute approximate surface area is 139 Å². The standard InChI is InChI=1S/C17H21N3O2S/c21-17(19-12-5-2-1-3-6-12)20-9-13(10-20)22-14-7-4-8-15-16(14)18-11-23-15/h4,7-8,11-13H,1-3,5-6,9-10H2,(H,19,21). The van der Waals surface area contributed by atoms with Gasteiger partial charge < -0.3 is 15.0 Å². The lowest BCUT2D eigenvalue weighted by atomic mass is 9.95. The average molecular weight is 331 g/mol. The highest BCUT2D eigenvalue weighted by atomic mass is 32.1. The van der Waals surface area contributed by atoms with E-state index in [1.54, 1.807) is 11.3 Å². The van der Waals surface area contributed by atoms with E-state index < -0.39 is 0 Å². The van der Waals surface area contributed by atoms with E-state index in [9.17, 15) is 4.79 Å². The van der Waals surface area contributed by atoms with E-state index in [-0.39, 0.29) is 12.1 Å². The number of nitrogens with zero attached hydrogens (tertiary/aromatic N) is 2. The molecule has 6 heteroatoms. The third-order valence-corrected chi connectivity index (χ3v) is 5.48. The first-order chi connectivity index (χ1) is 11.3. The fraction of sp³-hybridized carbons (Fsp3) is 0.529. The molecule has 0 radical (unpaired) electrons. The number of para-hydroxylation sites is 1. The van der Waals surface area contributed by atoms with E-state index in [0.29, 0.717) is 19.1 Å². The summed E-state index contributed by atoms with van der Waals surface area (Å²) < 4.78 is 7.15. The smallest absolute Gasteiger partial charge is 0.317 e. The third-order valence-electron chi connectivity index (χ3n) is 4.69. The maximum absolute atomic E-state index is 12.2. The summed E-state index contributed by atoms with van der Waals surface area (Å²) in [7, 11) is 0. The van der Waals surface area contributed by atoms with Gasteiger partial charge >= 0.3 is 6.03 Å². The van der Waals surface area contributed by atoms with Crippen LogP contribution in [0, 0.1) is 0 Å². The molecule has 4 rings (SSSR count). The van der Waals surface area contributed by atoms with Crippen LogP contribution in [0.5, 0.6) is 5.75 Å². The number of carbonyl (C=O) groups excluding carboxylic acids is 1. The minimum Gasteiger partial charge on any atom is -0.484 e. The maximum atomic E-state index is 12.2. The van der Waals surface area contributed by atoms with Gasteiger partial charge in [-0.3, -0.25) is 0 Å². The molecule has 0 unspecified atom stereocenters. The van der Waals surface area contributed by atoms with E-state index >= 15 is 0 Å². The second-order valence-corrected chi connectivity index (χ2v) is 7.27. The minimum atomic E-state index is 0.0589. The number of carbonyl (C=O) groups is 1. The summed E-state index contributed by atoms with van der Waals surface area (Å²) in [6.45, 7) is 1.30. The Morgan fingerprint density at radius 1 is 1.26 bits per heavy atom. The van der Waals surface area contributed by atoms with Crippen LogP contribution in [0.3, 0.4) is 0 Å². The molecule has 2 aromatic rings. The lowest BCUT2D eigenvalue weighted by molar-refractivity contribution is 0.0438. The van der Waals surface area contributed by atoms with Crippen molar-refractivity contribution in [3.63, 3.8) is 0 Å². The van der Waals surface area contributed by atoms with Gasteiger partial charge in [-0.2, -0.15) is 0 Å². The van der Waals surface area contributed by atoms with Crippen molar-refractivity contribution in [1.29, 1.82) is 0 Å². The Balaban J connectivity index is 1.29. The number of amides is 2. The molecular formula is C17H21N3O2S. The SMILES string of the molecule is O=C(NC1CCCCC1)N1CC(Oc2cccc3scnc23)C1. The van der Waals surface area contributed by atoms with Gasteiger partial charge in [0.15, 0.2) is 0 Å². The Morgan fingerprint density at radius 3 is 2.91 bits per heavy atom. The first-order valence-corrected chi connectivity index (χ1v) is 9.22. The molecule has 1 saturated heterocycles. The number of nitrogens with one attached hydrogen (secondary N) is 1. The zero-order chi connectivity index (χ0) is 15.6. The van der Waals surface area contributed by atoms with Gasteiger partial charge in [-0.15, -0.1) is 11.3 Å². The number of fused-ring (bicyclic) bond motifs is 1. The molecule has 2 heterocycles. The summed E-state index contributed by atoms with van der Waals surface area (Å²) >= 11 is 1.61. The first-order valence-electron chi connectivity index (χ1n) is 8.34. The molecule has 1 aromatic heterocycles. The molecule has 0 atom stereocenters. The third kappa shape index (κ3) is 3.13. The summed E-state index contributed by atoms with van der Waals surface area (Å²) in [4.78, 5) is 18.4. The normalized spacial score (nSPS) is 19.6. The fourth-order valence-electron chi connectivity index (χ4n) is 3.33. The molecule has 122 valence electrons. The lowest BCUT2D eigenvalue weighted by Gasteiger charge is -2.40. The van der Waals surface area contributed by atoms with Gasteiger partial charge in [-0.25, -0.2) is 9.78 Å². The highest BCUT2D eigenvalue weighted by Gasteiger charge is 2.33. The lowest BCUT2D eigenvalue weighted by Crippen LogP contribution is -2.60. The largest absolute Gasteiger partial charge is 0.484 e. The number of hydrogen-bond donors (Lipinski definition) is 1. The quantitative estimate of drug-likeness (QED) is 0.938. The van der Waals surface area contributed by atoms with Gasteiger partial charge in [0.1, 0.15) is 17.4 Å². The number of rotatable bonds is 3. The van der Waals surface area contributed by atoms with Crippen molar-refractivity contribution in [3.8, 4) is 5.75 Å². The molecule has 1 saturated carbocycles. The minimum absolute atomic E-state index is 0.0589. The zero-order valence-corrected chi connectivity index (χ0v) is 13.8. The maximum Gasteiger partial charge on any atom is 0.317 e. The number of hydrogen-bond acceptors (Lipinski definition) is 4. The van der Waals surface area contributed by atoms with Crippen LogP contribution < -0.4 is 10.1 Å². The van der Waals surface area contributed by atoms with Crippen molar-refractivity contribution in [1.82, 2.24) is 15.2 Å². The molecule has 0 bridgehead atoms. The van der Waals surface area contributed by atoms with Crippen LogP contribution in [0.2, 0.25) is 0 Å². The van der Waals surface area contributed by atoms with Crippen LogP contribution in [0.15, 0.2) is 23.7 Å². The van der Waals surface area contributed by atoms with Gasteiger partial charge in [0.2, 0.25) is 0 Å². The van der Waals surface area contributed by atoms with Crippen LogP contribution >= 0.6 is 11.3 Å². The van der Waals surface area contributed by atoms with Gasteiger partial charge in [0.25, 0.3) is 0 Å². The van der Waals surface area contributed by atoms with E-state index in [1.165, 1.54) is 19.3 Å². The molecule has 1 aliphatic heterocycles. The van der Waals surface area contributed by atoms with Crippen molar-refractivity contribution >= 4 is 27.6 Å². The molecule has 1 N–H and O–H groups in total. The van der Waals surface area contributed by atoms with E-state index in [0.717, 1.165) is 28.8 Å². The number of urea groups is 1. The second kappa shape index (κ2) is 6.35. The number of thiazole rings is 1. The van der Waals surface area contributed by atoms with Crippen molar-refractivity contribution in [3.05, 3.63) is 23.7 Å². The Hall–Kier alpha value is -1.82. The Morgan fingerprint density at radius 2 is 2.09 bits per heavy atom. The topological polar surface area (TPSA) is 54.5 Å². The van der Waals surface area contributed by atoms with Gasteiger partial charge in [-0.05, 0) is 25.0 Å². The Bertz CT molecular complexity index is 690. The number of likely N-dealkylation sites (tertiary alicyclic amines) is 1. The molecule has 23 heavy (non-hydrogen) atoms. The molecule has 2 fully saturated rings. The summed E-state index contributed by atoms with van der Waals surface area (Å²) in [5, 5.41) is 3.15. The predicted molar refractivity (Wildman–Crippen MR) is 91.0 cm³/mol. The fourth-order valence-corrected chi connectivity index (χ4v) is 4.02. The second-order valence-electron chi connectivity index (χ2n) is 6.38. The molecule has 1 aromatic carbocycles. The predicted octanol–water partition coefficient (Wildman–Crippen LogP) is 3.40. The van der Waals surface area contributed by atoms with E-state index in [2.05, 4.69) is 10.3 Å². The van der Waals surface area contributed by atoms with Crippen LogP contribution in [0.25, 0.3) is 10.2 Å².